The Kier molecular flexibility index (Phi) is 3.74. The Balaban J connectivity index is 2.53. The summed E-state index contributed by atoms with van der Waals surface area (Å²) in [6.45, 7) is 3.69. The molecule has 20 heavy (non-hydrogen) atoms. The molecule has 9 heteroatoms. The Hall–Kier alpha value is -1.61. The van der Waals surface area contributed by atoms with Crippen LogP contribution in [0.5, 0.6) is 0 Å². The minimum Gasteiger partial charge on any atom is -0.397 e. The van der Waals surface area contributed by atoms with Crippen LogP contribution in [0.2, 0.25) is 0 Å². The summed E-state index contributed by atoms with van der Waals surface area (Å²) >= 11 is 3.07. The van der Waals surface area contributed by atoms with Crippen molar-refractivity contribution in [1.29, 1.82) is 0 Å². The second-order valence-corrected chi connectivity index (χ2v) is 6.74. The normalized spacial score (nSPS) is 11.6. The number of nitrogens with one attached hydrogen (secondary N) is 1. The molecule has 1 aromatic heterocycles. The van der Waals surface area contributed by atoms with E-state index >= 15 is 0 Å². The molecule has 108 valence electrons. The van der Waals surface area contributed by atoms with E-state index in [-0.39, 0.29) is 9.63 Å². The van der Waals surface area contributed by atoms with Crippen LogP contribution in [-0.2, 0) is 17.1 Å². The van der Waals surface area contributed by atoms with Crippen LogP contribution in [0.15, 0.2) is 21.8 Å². The quantitative estimate of drug-likeness (QED) is 0.809. The number of nitrogens with zero attached hydrogens (tertiary/aromatic N) is 3. The highest BCUT2D eigenvalue weighted by Crippen LogP contribution is 2.29. The van der Waals surface area contributed by atoms with Crippen LogP contribution in [0.1, 0.15) is 11.1 Å². The molecule has 0 amide bonds. The molecule has 0 atom stereocenters. The van der Waals surface area contributed by atoms with E-state index in [1.54, 1.807) is 13.0 Å². The average Bonchev–Trinajstić information content (AvgIpc) is 2.70. The van der Waals surface area contributed by atoms with Crippen molar-refractivity contribution in [3.8, 4) is 0 Å². The van der Waals surface area contributed by atoms with Gasteiger partial charge in [-0.15, -0.1) is 5.10 Å². The summed E-state index contributed by atoms with van der Waals surface area (Å²) in [6.07, 6.45) is 0. The van der Waals surface area contributed by atoms with Gasteiger partial charge in [-0.25, -0.2) is 4.68 Å². The number of hydrogen-bond acceptors (Lipinski definition) is 5. The second kappa shape index (κ2) is 5.06. The molecule has 2 aromatic rings. The molecule has 0 aliphatic heterocycles. The largest absolute Gasteiger partial charge is 0.397 e. The van der Waals surface area contributed by atoms with E-state index in [2.05, 4.69) is 31.0 Å². The molecular weight excluding hydrogens is 346 g/mol. The molecule has 0 aliphatic rings. The zero-order valence-corrected chi connectivity index (χ0v) is 13.6. The van der Waals surface area contributed by atoms with Crippen molar-refractivity contribution < 1.29 is 8.42 Å². The lowest BCUT2D eigenvalue weighted by atomic mass is 10.1. The zero-order chi connectivity index (χ0) is 15.1. The van der Waals surface area contributed by atoms with Crippen LogP contribution in [0.3, 0.4) is 0 Å². The number of nitrogen functional groups attached to an aromatic ring is 1. The fourth-order valence-electron chi connectivity index (χ4n) is 1.76. The van der Waals surface area contributed by atoms with Crippen LogP contribution in [0, 0.1) is 13.8 Å². The number of halogens is 1. The van der Waals surface area contributed by atoms with Gasteiger partial charge in [0.1, 0.15) is 0 Å². The van der Waals surface area contributed by atoms with E-state index in [4.69, 9.17) is 5.73 Å². The third kappa shape index (κ3) is 2.50. The Labute approximate surface area is 125 Å². The number of aromatic nitrogens is 3. The molecule has 1 aromatic carbocycles. The van der Waals surface area contributed by atoms with Crippen molar-refractivity contribution in [2.45, 2.75) is 18.9 Å². The first-order chi connectivity index (χ1) is 9.24. The zero-order valence-electron chi connectivity index (χ0n) is 11.2. The highest BCUT2D eigenvalue weighted by atomic mass is 79.9. The molecule has 0 aliphatic carbocycles. The molecule has 1 heterocycles. The fourth-order valence-corrected chi connectivity index (χ4v) is 4.01. The minimum absolute atomic E-state index is 0.0576. The lowest BCUT2D eigenvalue weighted by Crippen LogP contribution is -2.19. The highest BCUT2D eigenvalue weighted by molar-refractivity contribution is 9.10. The van der Waals surface area contributed by atoms with Gasteiger partial charge in [0.05, 0.1) is 11.4 Å². The Morgan fingerprint density at radius 3 is 2.55 bits per heavy atom. The van der Waals surface area contributed by atoms with Crippen LogP contribution < -0.4 is 10.5 Å². The van der Waals surface area contributed by atoms with E-state index in [1.165, 1.54) is 11.7 Å². The highest BCUT2D eigenvalue weighted by Gasteiger charge is 2.25. The number of aryl methyl sites for hydroxylation is 2. The number of benzene rings is 1. The van der Waals surface area contributed by atoms with Crippen LogP contribution in [-0.4, -0.2) is 23.4 Å². The van der Waals surface area contributed by atoms with E-state index in [9.17, 15) is 8.42 Å². The summed E-state index contributed by atoms with van der Waals surface area (Å²) in [5.74, 6) is 0. The van der Waals surface area contributed by atoms with Crippen molar-refractivity contribution >= 4 is 37.3 Å². The standard InChI is InChI=1S/C11H14BrN5O2S/c1-6-4-5-8(13)9(7(6)2)15-20(18,19)11-10(12)14-16-17(11)3/h4-5,15H,13H2,1-3H3. The minimum atomic E-state index is -3.83. The predicted octanol–water partition coefficient (Wildman–Crippen LogP) is 1.58. The molecule has 7 nitrogen and oxygen atoms in total. The Morgan fingerprint density at radius 1 is 1.35 bits per heavy atom. The lowest BCUT2D eigenvalue weighted by molar-refractivity contribution is 0.578. The molecule has 0 fully saturated rings. The van der Waals surface area contributed by atoms with E-state index in [0.717, 1.165) is 11.1 Å². The van der Waals surface area contributed by atoms with E-state index in [1.807, 2.05) is 13.0 Å². The van der Waals surface area contributed by atoms with Crippen molar-refractivity contribution in [3.63, 3.8) is 0 Å². The lowest BCUT2D eigenvalue weighted by Gasteiger charge is -2.14. The van der Waals surface area contributed by atoms with Crippen molar-refractivity contribution in [2.24, 2.45) is 7.05 Å². The van der Waals surface area contributed by atoms with Crippen LogP contribution in [0.4, 0.5) is 11.4 Å². The molecule has 0 spiro atoms. The van der Waals surface area contributed by atoms with Crippen molar-refractivity contribution in [3.05, 3.63) is 27.9 Å². The van der Waals surface area contributed by atoms with E-state index < -0.39 is 10.0 Å². The average molecular weight is 360 g/mol. The summed E-state index contributed by atoms with van der Waals surface area (Å²) < 4.78 is 28.7. The Morgan fingerprint density at radius 2 is 2.00 bits per heavy atom. The fraction of sp³-hybridized carbons (Fsp3) is 0.273. The molecule has 2 rings (SSSR count). The third-order valence-corrected chi connectivity index (χ3v) is 5.23. The maximum Gasteiger partial charge on any atom is 0.282 e. The number of rotatable bonds is 3. The first-order valence-electron chi connectivity index (χ1n) is 5.67. The van der Waals surface area contributed by atoms with Gasteiger partial charge in [-0.3, -0.25) is 4.72 Å². The molecule has 0 bridgehead atoms. The molecule has 0 unspecified atom stereocenters. The smallest absolute Gasteiger partial charge is 0.282 e. The first-order valence-corrected chi connectivity index (χ1v) is 7.95. The van der Waals surface area contributed by atoms with Crippen molar-refractivity contribution in [2.75, 3.05) is 10.5 Å². The van der Waals surface area contributed by atoms with Gasteiger partial charge in [0, 0.05) is 7.05 Å². The third-order valence-electron chi connectivity index (χ3n) is 3.00. The number of nitrogens with two attached hydrogens (primary N) is 1. The number of hydrogen-bond donors (Lipinski definition) is 2. The van der Waals surface area contributed by atoms with Gasteiger partial charge in [0.25, 0.3) is 10.0 Å². The van der Waals surface area contributed by atoms with Gasteiger partial charge in [-0.1, -0.05) is 11.3 Å². The Bertz CT molecular complexity index is 750. The van der Waals surface area contributed by atoms with Gasteiger partial charge < -0.3 is 5.73 Å². The van der Waals surface area contributed by atoms with Gasteiger partial charge in [-0.2, -0.15) is 8.42 Å². The number of sulfonamides is 1. The van der Waals surface area contributed by atoms with Gasteiger partial charge in [0.15, 0.2) is 4.60 Å². The summed E-state index contributed by atoms with van der Waals surface area (Å²) in [5.41, 5.74) is 8.31. The van der Waals surface area contributed by atoms with E-state index in [0.29, 0.717) is 11.4 Å². The number of anilines is 2. The first kappa shape index (κ1) is 14.8. The molecular formula is C11H14BrN5O2S. The van der Waals surface area contributed by atoms with Crippen LogP contribution in [0.25, 0.3) is 0 Å². The molecule has 0 saturated carbocycles. The SMILES string of the molecule is Cc1ccc(N)c(NS(=O)(=O)c2c(Br)nnn2C)c1C. The van der Waals surface area contributed by atoms with Crippen molar-refractivity contribution in [1.82, 2.24) is 15.0 Å². The second-order valence-electron chi connectivity index (χ2n) is 4.39. The summed E-state index contributed by atoms with van der Waals surface area (Å²) in [4.78, 5) is 0. The summed E-state index contributed by atoms with van der Waals surface area (Å²) in [6, 6.07) is 3.50. The maximum atomic E-state index is 12.4. The van der Waals surface area contributed by atoms with Gasteiger partial charge >= 0.3 is 0 Å². The van der Waals surface area contributed by atoms with Gasteiger partial charge in [0.2, 0.25) is 5.03 Å². The molecule has 0 radical (unpaired) electrons. The monoisotopic (exact) mass is 359 g/mol. The summed E-state index contributed by atoms with van der Waals surface area (Å²) in [7, 11) is -2.33. The van der Waals surface area contributed by atoms with Gasteiger partial charge in [-0.05, 0) is 47.0 Å². The molecule has 0 saturated heterocycles. The predicted molar refractivity (Wildman–Crippen MR) is 79.8 cm³/mol. The van der Waals surface area contributed by atoms with Crippen LogP contribution >= 0.6 is 15.9 Å². The topological polar surface area (TPSA) is 103 Å². The summed E-state index contributed by atoms with van der Waals surface area (Å²) in [5, 5.41) is 7.26. The molecule has 3 N–H and O–H groups in total. The maximum absolute atomic E-state index is 12.4.